The Morgan fingerprint density at radius 3 is 2.75 bits per heavy atom. The topological polar surface area (TPSA) is 88.0 Å². The Labute approximate surface area is 93.6 Å². The molecule has 0 fully saturated rings. The monoisotopic (exact) mass is 244 g/mol. The summed E-state index contributed by atoms with van der Waals surface area (Å²) in [5.74, 6) is 0.305. The predicted molar refractivity (Wildman–Crippen MR) is 60.2 cm³/mol. The van der Waals surface area contributed by atoms with Gasteiger partial charge in [-0.25, -0.2) is 13.2 Å². The second kappa shape index (κ2) is 4.84. The van der Waals surface area contributed by atoms with Crippen molar-refractivity contribution in [2.24, 2.45) is 5.10 Å². The molecule has 0 bridgehead atoms. The summed E-state index contributed by atoms with van der Waals surface area (Å²) in [5, 5.41) is 12.8. The molecule has 0 amide bonds. The Morgan fingerprint density at radius 1 is 1.50 bits per heavy atom. The van der Waals surface area contributed by atoms with Crippen molar-refractivity contribution in [3.8, 4) is 11.5 Å². The smallest absolute Gasteiger partial charge is 0.244 e. The standard InChI is InChI=1S/C9H12N2O4S/c1-15-9-5-7(3-4-8(9)12)6-10-11-16(2,13)14/h3-6,11-12H,1-2H3/b10-6+. The molecule has 1 rings (SSSR count). The minimum absolute atomic E-state index is 0.00993. The lowest BCUT2D eigenvalue weighted by Crippen LogP contribution is -2.15. The van der Waals surface area contributed by atoms with Crippen LogP contribution in [0.25, 0.3) is 0 Å². The average Bonchev–Trinajstić information content (AvgIpc) is 2.18. The van der Waals surface area contributed by atoms with E-state index in [0.29, 0.717) is 11.3 Å². The number of hydrogen-bond donors (Lipinski definition) is 2. The quantitative estimate of drug-likeness (QED) is 0.588. The Hall–Kier alpha value is -1.76. The number of aromatic hydroxyl groups is 1. The number of phenols is 1. The molecule has 0 unspecified atom stereocenters. The molecule has 0 aliphatic heterocycles. The van der Waals surface area contributed by atoms with Crippen molar-refractivity contribution in [2.45, 2.75) is 0 Å². The fourth-order valence-corrected chi connectivity index (χ4v) is 1.22. The molecule has 88 valence electrons. The molecule has 1 aromatic rings. The fraction of sp³-hybridized carbons (Fsp3) is 0.222. The third kappa shape index (κ3) is 3.77. The van der Waals surface area contributed by atoms with Crippen LogP contribution in [0.1, 0.15) is 5.56 Å². The Morgan fingerprint density at radius 2 is 2.19 bits per heavy atom. The minimum atomic E-state index is -3.35. The van der Waals surface area contributed by atoms with Crippen LogP contribution in [0, 0.1) is 0 Å². The maximum Gasteiger partial charge on any atom is 0.244 e. The number of ether oxygens (including phenoxy) is 1. The van der Waals surface area contributed by atoms with Gasteiger partial charge >= 0.3 is 0 Å². The van der Waals surface area contributed by atoms with Crippen molar-refractivity contribution in [1.82, 2.24) is 4.83 Å². The third-order valence-corrected chi connectivity index (χ3v) is 2.07. The summed E-state index contributed by atoms with van der Waals surface area (Å²) in [6.07, 6.45) is 2.31. The predicted octanol–water partition coefficient (Wildman–Crippen LogP) is 0.284. The lowest BCUT2D eigenvalue weighted by Gasteiger charge is -2.03. The number of methoxy groups -OCH3 is 1. The first-order valence-corrected chi connectivity index (χ1v) is 6.18. The van der Waals surface area contributed by atoms with Gasteiger partial charge in [0.25, 0.3) is 0 Å². The number of hydrogen-bond acceptors (Lipinski definition) is 5. The highest BCUT2D eigenvalue weighted by atomic mass is 32.2. The van der Waals surface area contributed by atoms with Gasteiger partial charge in [0, 0.05) is 0 Å². The van der Waals surface area contributed by atoms with Gasteiger partial charge in [-0.15, -0.1) is 0 Å². The molecule has 0 heterocycles. The molecule has 0 saturated heterocycles. The van der Waals surface area contributed by atoms with Crippen LogP contribution in [0.3, 0.4) is 0 Å². The molecular formula is C9H12N2O4S. The number of rotatable bonds is 4. The summed E-state index contributed by atoms with van der Waals surface area (Å²) in [4.78, 5) is 1.96. The van der Waals surface area contributed by atoms with Gasteiger partial charge in [0.1, 0.15) is 0 Å². The largest absolute Gasteiger partial charge is 0.504 e. The molecule has 7 heteroatoms. The van der Waals surface area contributed by atoms with E-state index >= 15 is 0 Å². The molecule has 0 saturated carbocycles. The van der Waals surface area contributed by atoms with E-state index in [0.717, 1.165) is 6.26 Å². The van der Waals surface area contributed by atoms with Crippen LogP contribution >= 0.6 is 0 Å². The van der Waals surface area contributed by atoms with Gasteiger partial charge in [0.05, 0.1) is 19.6 Å². The molecule has 1 aromatic carbocycles. The lowest BCUT2D eigenvalue weighted by atomic mass is 10.2. The highest BCUT2D eigenvalue weighted by Gasteiger charge is 2.01. The summed E-state index contributed by atoms with van der Waals surface area (Å²) < 4.78 is 26.3. The van der Waals surface area contributed by atoms with Gasteiger partial charge in [0.15, 0.2) is 11.5 Å². The maximum absolute atomic E-state index is 10.7. The van der Waals surface area contributed by atoms with Crippen molar-refractivity contribution in [1.29, 1.82) is 0 Å². The van der Waals surface area contributed by atoms with E-state index in [9.17, 15) is 13.5 Å². The zero-order chi connectivity index (χ0) is 12.2. The van der Waals surface area contributed by atoms with E-state index in [1.807, 2.05) is 4.83 Å². The molecule has 16 heavy (non-hydrogen) atoms. The Balaban J connectivity index is 2.82. The fourth-order valence-electron chi connectivity index (χ4n) is 0.971. The van der Waals surface area contributed by atoms with E-state index in [2.05, 4.69) is 5.10 Å². The summed E-state index contributed by atoms with van der Waals surface area (Å²) >= 11 is 0. The normalized spacial score (nSPS) is 11.6. The molecule has 2 N–H and O–H groups in total. The average molecular weight is 244 g/mol. The van der Waals surface area contributed by atoms with Crippen molar-refractivity contribution < 1.29 is 18.3 Å². The van der Waals surface area contributed by atoms with Gasteiger partial charge in [0.2, 0.25) is 10.0 Å². The number of hydrazone groups is 1. The highest BCUT2D eigenvalue weighted by molar-refractivity contribution is 7.88. The molecule has 6 nitrogen and oxygen atoms in total. The summed E-state index contributed by atoms with van der Waals surface area (Å²) in [5.41, 5.74) is 0.603. The van der Waals surface area contributed by atoms with Crippen LogP contribution in [-0.4, -0.2) is 33.1 Å². The van der Waals surface area contributed by atoms with E-state index in [1.165, 1.54) is 25.5 Å². The Bertz CT molecular complexity index is 496. The van der Waals surface area contributed by atoms with Crippen LogP contribution in [0.5, 0.6) is 11.5 Å². The summed E-state index contributed by atoms with van der Waals surface area (Å²) in [6.45, 7) is 0. The van der Waals surface area contributed by atoms with Gasteiger partial charge < -0.3 is 9.84 Å². The van der Waals surface area contributed by atoms with Gasteiger partial charge in [-0.2, -0.15) is 5.10 Å². The second-order valence-corrected chi connectivity index (χ2v) is 4.78. The molecule has 0 aliphatic rings. The van der Waals surface area contributed by atoms with Crippen LogP contribution < -0.4 is 9.57 Å². The van der Waals surface area contributed by atoms with Gasteiger partial charge in [-0.1, -0.05) is 0 Å². The number of nitrogens with one attached hydrogen (secondary N) is 1. The van der Waals surface area contributed by atoms with Crippen LogP contribution in [0.2, 0.25) is 0 Å². The third-order valence-electron chi connectivity index (χ3n) is 1.64. The lowest BCUT2D eigenvalue weighted by molar-refractivity contribution is 0.373. The van der Waals surface area contributed by atoms with E-state index in [4.69, 9.17) is 4.74 Å². The summed E-state index contributed by atoms with van der Waals surface area (Å²) in [7, 11) is -1.93. The zero-order valence-corrected chi connectivity index (χ0v) is 9.65. The Kier molecular flexibility index (Phi) is 3.73. The molecule has 0 radical (unpaired) electrons. The first-order valence-electron chi connectivity index (χ1n) is 4.29. The van der Waals surface area contributed by atoms with Gasteiger partial charge in [-0.3, -0.25) is 0 Å². The van der Waals surface area contributed by atoms with Gasteiger partial charge in [-0.05, 0) is 23.8 Å². The SMILES string of the molecule is COc1cc(/C=N/NS(C)(=O)=O)ccc1O. The number of benzene rings is 1. The van der Waals surface area contributed by atoms with Crippen LogP contribution in [-0.2, 0) is 10.0 Å². The van der Waals surface area contributed by atoms with E-state index in [-0.39, 0.29) is 5.75 Å². The second-order valence-electron chi connectivity index (χ2n) is 3.05. The number of sulfonamides is 1. The first kappa shape index (κ1) is 12.3. The molecular weight excluding hydrogens is 232 g/mol. The minimum Gasteiger partial charge on any atom is -0.504 e. The molecule has 0 atom stereocenters. The molecule has 0 aromatic heterocycles. The van der Waals surface area contributed by atoms with Crippen molar-refractivity contribution in [2.75, 3.05) is 13.4 Å². The van der Waals surface area contributed by atoms with Crippen LogP contribution in [0.15, 0.2) is 23.3 Å². The molecule has 0 aliphatic carbocycles. The van der Waals surface area contributed by atoms with E-state index in [1.54, 1.807) is 6.07 Å². The van der Waals surface area contributed by atoms with Crippen molar-refractivity contribution in [3.05, 3.63) is 23.8 Å². The number of nitrogens with zero attached hydrogens (tertiary/aromatic N) is 1. The van der Waals surface area contributed by atoms with E-state index < -0.39 is 10.0 Å². The number of phenolic OH excluding ortho intramolecular Hbond substituents is 1. The summed E-state index contributed by atoms with van der Waals surface area (Å²) in [6, 6.07) is 4.54. The first-order chi connectivity index (χ1) is 7.42. The molecule has 0 spiro atoms. The zero-order valence-electron chi connectivity index (χ0n) is 8.84. The van der Waals surface area contributed by atoms with Crippen molar-refractivity contribution in [3.63, 3.8) is 0 Å². The maximum atomic E-state index is 10.7. The highest BCUT2D eigenvalue weighted by Crippen LogP contribution is 2.25. The van der Waals surface area contributed by atoms with Crippen LogP contribution in [0.4, 0.5) is 0 Å². The van der Waals surface area contributed by atoms with Crippen molar-refractivity contribution >= 4 is 16.2 Å².